The Morgan fingerprint density at radius 1 is 1.40 bits per heavy atom. The zero-order chi connectivity index (χ0) is 2.71. The SMILES string of the molecule is [H-].[Na+].[O]=[Ti]=[O].[SiH4]. The van der Waals surface area contributed by atoms with Crippen molar-refractivity contribution in [2.24, 2.45) is 0 Å². The molecule has 5 heavy (non-hydrogen) atoms. The van der Waals surface area contributed by atoms with Crippen molar-refractivity contribution in [1.29, 1.82) is 0 Å². The van der Waals surface area contributed by atoms with E-state index in [0.717, 1.165) is 0 Å². The summed E-state index contributed by atoms with van der Waals surface area (Å²) in [5.41, 5.74) is 0. The van der Waals surface area contributed by atoms with Crippen LogP contribution in [-0.4, -0.2) is 11.0 Å². The molecule has 0 spiro atoms. The smallest absolute Gasteiger partial charge is 0.0149 e. The average Bonchev–Trinajstić information content (AvgIpc) is 0.918. The van der Waals surface area contributed by atoms with Crippen molar-refractivity contribution >= 4 is 11.0 Å². The topological polar surface area (TPSA) is 34.1 Å². The quantitative estimate of drug-likeness (QED) is 0.314. The van der Waals surface area contributed by atoms with Gasteiger partial charge in [0.05, 0.1) is 0 Å². The van der Waals surface area contributed by atoms with Crippen LogP contribution in [-0.2, 0) is 25.7 Å². The van der Waals surface area contributed by atoms with Crippen LogP contribution in [0.15, 0.2) is 0 Å². The van der Waals surface area contributed by atoms with Gasteiger partial charge in [-0.3, -0.25) is 0 Å². The molecule has 0 rings (SSSR count). The first kappa shape index (κ1) is 16.0. The molecule has 2 nitrogen and oxygen atoms in total. The molecule has 0 radical (unpaired) electrons. The van der Waals surface area contributed by atoms with E-state index in [0.29, 0.717) is 0 Å². The summed E-state index contributed by atoms with van der Waals surface area (Å²) in [6.45, 7) is 0. The van der Waals surface area contributed by atoms with Crippen LogP contribution in [0.2, 0.25) is 0 Å². The molecule has 26 valence electrons. The van der Waals surface area contributed by atoms with Crippen molar-refractivity contribution in [3.8, 4) is 0 Å². The summed E-state index contributed by atoms with van der Waals surface area (Å²) in [4.78, 5) is 0. The van der Waals surface area contributed by atoms with Crippen LogP contribution in [0.5, 0.6) is 0 Å². The van der Waals surface area contributed by atoms with Crippen molar-refractivity contribution in [3.63, 3.8) is 0 Å². The molecular formula is H5NaO2SiTi. The summed E-state index contributed by atoms with van der Waals surface area (Å²) < 4.78 is 17.0. The molecule has 0 aliphatic carbocycles. The number of hydrogen-bond acceptors (Lipinski definition) is 2. The second kappa shape index (κ2) is 17.7. The van der Waals surface area contributed by atoms with Gasteiger partial charge in [0.25, 0.3) is 0 Å². The molecule has 0 aromatic rings. The third-order valence-corrected chi connectivity index (χ3v) is 0. The van der Waals surface area contributed by atoms with Gasteiger partial charge < -0.3 is 1.43 Å². The Morgan fingerprint density at radius 3 is 1.40 bits per heavy atom. The van der Waals surface area contributed by atoms with Gasteiger partial charge in [0.2, 0.25) is 0 Å². The van der Waals surface area contributed by atoms with Crippen molar-refractivity contribution in [2.75, 3.05) is 0 Å². The minimum atomic E-state index is -2.00. The van der Waals surface area contributed by atoms with E-state index >= 15 is 0 Å². The van der Waals surface area contributed by atoms with Crippen LogP contribution >= 0.6 is 0 Å². The first-order chi connectivity index (χ1) is 1.41. The zero-order valence-corrected chi connectivity index (χ0v) is 5.88. The van der Waals surface area contributed by atoms with Crippen LogP contribution in [0.25, 0.3) is 0 Å². The number of hydrogen-bond donors (Lipinski definition) is 0. The van der Waals surface area contributed by atoms with Gasteiger partial charge in [-0.1, -0.05) is 0 Å². The molecule has 0 saturated heterocycles. The van der Waals surface area contributed by atoms with E-state index in [1.807, 2.05) is 0 Å². The van der Waals surface area contributed by atoms with Crippen LogP contribution in [0, 0.1) is 0 Å². The molecule has 0 aliphatic rings. The summed E-state index contributed by atoms with van der Waals surface area (Å²) >= 11 is -2.00. The van der Waals surface area contributed by atoms with Crippen LogP contribution in [0.4, 0.5) is 0 Å². The Bertz CT molecular complexity index is 34.5. The fourth-order valence-electron chi connectivity index (χ4n) is 0. The molecule has 0 heterocycles. The second-order valence-electron chi connectivity index (χ2n) is 0.0833. The maximum atomic E-state index is 8.50. The molecule has 0 amide bonds. The second-order valence-corrected chi connectivity index (χ2v) is 0.344. The molecule has 0 unspecified atom stereocenters. The fourth-order valence-corrected chi connectivity index (χ4v) is 0. The van der Waals surface area contributed by atoms with Gasteiger partial charge in [0.15, 0.2) is 0 Å². The maximum absolute atomic E-state index is 8.50. The van der Waals surface area contributed by atoms with E-state index in [1.54, 1.807) is 0 Å². The molecule has 0 atom stereocenters. The van der Waals surface area contributed by atoms with E-state index in [9.17, 15) is 0 Å². The standard InChI is InChI=1S/Na.2O.H4Si.Ti.H/h;;;1H4;;/q+1;;;;;-1. The molecule has 0 N–H and O–H groups in total. The minimum Gasteiger partial charge on any atom is -0.0149 e. The Morgan fingerprint density at radius 2 is 1.40 bits per heavy atom. The third-order valence-electron chi connectivity index (χ3n) is 0. The van der Waals surface area contributed by atoms with Gasteiger partial charge in [-0.15, -0.1) is 0 Å². The van der Waals surface area contributed by atoms with Gasteiger partial charge in [-0.05, 0) is 11.0 Å². The minimum absolute atomic E-state index is 0. The van der Waals surface area contributed by atoms with Gasteiger partial charge >= 0.3 is 55.3 Å². The van der Waals surface area contributed by atoms with E-state index in [-0.39, 0.29) is 41.9 Å². The van der Waals surface area contributed by atoms with Gasteiger partial charge in [0.1, 0.15) is 0 Å². The first-order valence-electron chi connectivity index (χ1n) is 0.408. The van der Waals surface area contributed by atoms with Crippen LogP contribution < -0.4 is 29.6 Å². The molecule has 0 aromatic heterocycles. The summed E-state index contributed by atoms with van der Waals surface area (Å²) in [6, 6.07) is 0. The largest absolute Gasteiger partial charge is 0.0149 e. The summed E-state index contributed by atoms with van der Waals surface area (Å²) in [6.07, 6.45) is 0. The third kappa shape index (κ3) is 29.4. The van der Waals surface area contributed by atoms with Gasteiger partial charge in [-0.25, -0.2) is 0 Å². The van der Waals surface area contributed by atoms with E-state index < -0.39 is 19.1 Å². The van der Waals surface area contributed by atoms with Crippen molar-refractivity contribution < 1.29 is 56.7 Å². The summed E-state index contributed by atoms with van der Waals surface area (Å²) in [7, 11) is 0. The van der Waals surface area contributed by atoms with Crippen molar-refractivity contribution in [1.82, 2.24) is 0 Å². The van der Waals surface area contributed by atoms with Crippen LogP contribution in [0.3, 0.4) is 0 Å². The van der Waals surface area contributed by atoms with Gasteiger partial charge in [-0.2, -0.15) is 0 Å². The van der Waals surface area contributed by atoms with Crippen molar-refractivity contribution in [2.45, 2.75) is 0 Å². The van der Waals surface area contributed by atoms with Gasteiger partial charge in [0, 0.05) is 0 Å². The monoisotopic (exact) mass is 136 g/mol. The normalized spacial score (nSPS) is 1.60. The number of rotatable bonds is 0. The predicted molar refractivity (Wildman–Crippen MR) is 13.8 cm³/mol. The first-order valence-corrected chi connectivity index (χ1v) is 1.68. The Balaban J connectivity index is -0.00000000667. The molecule has 0 aliphatic heterocycles. The molecule has 5 heteroatoms. The molecular weight excluding hydrogens is 131 g/mol. The predicted octanol–water partition coefficient (Wildman–Crippen LogP) is -4.58. The molecule has 0 bridgehead atoms. The maximum Gasteiger partial charge on any atom is -0.0149 e. The van der Waals surface area contributed by atoms with E-state index in [1.165, 1.54) is 0 Å². The molecule has 0 aromatic carbocycles. The van der Waals surface area contributed by atoms with Crippen molar-refractivity contribution in [3.05, 3.63) is 0 Å². The Labute approximate surface area is 67.1 Å². The fraction of sp³-hybridized carbons (Fsp3) is 0. The Hall–Kier alpha value is 1.53. The molecule has 0 fully saturated rings. The van der Waals surface area contributed by atoms with E-state index in [4.69, 9.17) is 6.65 Å². The zero-order valence-electron chi connectivity index (χ0n) is 3.32. The Kier molecular flexibility index (Phi) is 56.8. The summed E-state index contributed by atoms with van der Waals surface area (Å²) in [5.74, 6) is 0. The average molecular weight is 136 g/mol. The molecule has 0 saturated carbocycles. The van der Waals surface area contributed by atoms with Crippen LogP contribution in [0.1, 0.15) is 1.43 Å². The van der Waals surface area contributed by atoms with E-state index in [2.05, 4.69) is 0 Å². The summed E-state index contributed by atoms with van der Waals surface area (Å²) in [5, 5.41) is 0.